The zero-order valence-electron chi connectivity index (χ0n) is 14.6. The average Bonchev–Trinajstić information content (AvgIpc) is 2.93. The predicted octanol–water partition coefficient (Wildman–Crippen LogP) is 2.42. The fourth-order valence-electron chi connectivity index (χ4n) is 2.15. The van der Waals surface area contributed by atoms with Crippen LogP contribution in [0.2, 0.25) is 0 Å². The Balaban J connectivity index is 1.98. The molecule has 0 fully saturated rings. The van der Waals surface area contributed by atoms with E-state index in [1.165, 1.54) is 17.3 Å². The van der Waals surface area contributed by atoms with Crippen LogP contribution in [-0.2, 0) is 16.6 Å². The molecule has 0 aliphatic rings. The third-order valence-electron chi connectivity index (χ3n) is 3.62. The molecular weight excluding hydrogens is 324 g/mol. The minimum Gasteiger partial charge on any atom is -0.385 e. The van der Waals surface area contributed by atoms with E-state index in [0.29, 0.717) is 13.2 Å². The molecule has 0 bridgehead atoms. The zero-order valence-corrected chi connectivity index (χ0v) is 15.4. The van der Waals surface area contributed by atoms with Gasteiger partial charge in [-0.2, -0.15) is 0 Å². The van der Waals surface area contributed by atoms with E-state index in [0.717, 1.165) is 23.0 Å². The van der Waals surface area contributed by atoms with E-state index in [1.54, 1.807) is 7.11 Å². The molecule has 130 valence electrons. The van der Waals surface area contributed by atoms with Crippen LogP contribution in [0.3, 0.4) is 0 Å². The molecule has 1 heterocycles. The Bertz CT molecular complexity index is 670. The maximum absolute atomic E-state index is 12.1. The molecule has 0 aliphatic carbocycles. The lowest BCUT2D eigenvalue weighted by Crippen LogP contribution is -2.32. The summed E-state index contributed by atoms with van der Waals surface area (Å²) in [5, 5.41) is 11.9. The number of aryl methyl sites for hydroxylation is 1. The molecule has 0 radical (unpaired) electrons. The molecule has 1 N–H and O–H groups in total. The van der Waals surface area contributed by atoms with Crippen molar-refractivity contribution in [1.82, 2.24) is 20.1 Å². The topological polar surface area (TPSA) is 69.0 Å². The van der Waals surface area contributed by atoms with Gasteiger partial charge in [0.1, 0.15) is 0 Å². The standard InChI is InChI=1S/C17H24N4O2S/c1-12-6-8-14(9-7-12)15-19-20-17(21(15)3)24-13(2)16(22)18-10-5-11-23-4/h6-9,13H,5,10-11H2,1-4H3,(H,18,22). The number of nitrogens with zero attached hydrogens (tertiary/aromatic N) is 3. The van der Waals surface area contributed by atoms with Crippen molar-refractivity contribution in [3.63, 3.8) is 0 Å². The first-order valence-corrected chi connectivity index (χ1v) is 8.80. The lowest BCUT2D eigenvalue weighted by atomic mass is 10.1. The van der Waals surface area contributed by atoms with Crippen molar-refractivity contribution in [2.75, 3.05) is 20.3 Å². The predicted molar refractivity (Wildman–Crippen MR) is 96.0 cm³/mol. The van der Waals surface area contributed by atoms with Gasteiger partial charge in [0.2, 0.25) is 5.91 Å². The second-order valence-electron chi connectivity index (χ2n) is 5.63. The monoisotopic (exact) mass is 348 g/mol. The lowest BCUT2D eigenvalue weighted by molar-refractivity contribution is -0.120. The lowest BCUT2D eigenvalue weighted by Gasteiger charge is -2.11. The SMILES string of the molecule is COCCCNC(=O)C(C)Sc1nnc(-c2ccc(C)cc2)n1C. The number of aromatic nitrogens is 3. The summed E-state index contributed by atoms with van der Waals surface area (Å²) in [6.45, 7) is 5.18. The molecule has 1 aromatic heterocycles. The molecule has 1 aromatic carbocycles. The highest BCUT2D eigenvalue weighted by atomic mass is 32.2. The van der Waals surface area contributed by atoms with Gasteiger partial charge in [-0.25, -0.2) is 0 Å². The fraction of sp³-hybridized carbons (Fsp3) is 0.471. The molecule has 0 saturated carbocycles. The Morgan fingerprint density at radius 2 is 2.04 bits per heavy atom. The number of hydrogen-bond acceptors (Lipinski definition) is 5. The maximum Gasteiger partial charge on any atom is 0.233 e. The van der Waals surface area contributed by atoms with Crippen LogP contribution in [0.1, 0.15) is 18.9 Å². The average molecular weight is 348 g/mol. The number of nitrogens with one attached hydrogen (secondary N) is 1. The van der Waals surface area contributed by atoms with E-state index < -0.39 is 0 Å². The highest BCUT2D eigenvalue weighted by molar-refractivity contribution is 8.00. The van der Waals surface area contributed by atoms with Crippen molar-refractivity contribution in [1.29, 1.82) is 0 Å². The minimum atomic E-state index is -0.235. The van der Waals surface area contributed by atoms with Crippen molar-refractivity contribution >= 4 is 17.7 Å². The third-order valence-corrected chi connectivity index (χ3v) is 4.75. The number of methoxy groups -OCH3 is 1. The van der Waals surface area contributed by atoms with Crippen LogP contribution < -0.4 is 5.32 Å². The second-order valence-corrected chi connectivity index (χ2v) is 6.94. The molecule has 0 saturated heterocycles. The first-order valence-electron chi connectivity index (χ1n) is 7.92. The Morgan fingerprint density at radius 3 is 2.71 bits per heavy atom. The summed E-state index contributed by atoms with van der Waals surface area (Å²) in [4.78, 5) is 12.1. The smallest absolute Gasteiger partial charge is 0.233 e. The zero-order chi connectivity index (χ0) is 17.5. The van der Waals surface area contributed by atoms with E-state index in [1.807, 2.05) is 42.8 Å². The molecule has 0 aliphatic heterocycles. The molecule has 1 unspecified atom stereocenters. The molecular formula is C17H24N4O2S. The summed E-state index contributed by atoms with van der Waals surface area (Å²) < 4.78 is 6.89. The van der Waals surface area contributed by atoms with Crippen LogP contribution in [0, 0.1) is 6.92 Å². The first kappa shape index (κ1) is 18.5. The number of ether oxygens (including phenoxy) is 1. The van der Waals surface area contributed by atoms with Gasteiger partial charge in [-0.3, -0.25) is 4.79 Å². The number of carbonyl (C=O) groups excluding carboxylic acids is 1. The summed E-state index contributed by atoms with van der Waals surface area (Å²) >= 11 is 1.41. The van der Waals surface area contributed by atoms with Gasteiger partial charge >= 0.3 is 0 Å². The summed E-state index contributed by atoms with van der Waals surface area (Å²) in [6.07, 6.45) is 0.807. The van der Waals surface area contributed by atoms with Crippen molar-refractivity contribution in [2.24, 2.45) is 7.05 Å². The van der Waals surface area contributed by atoms with Gasteiger partial charge in [0.05, 0.1) is 5.25 Å². The number of carbonyl (C=O) groups is 1. The highest BCUT2D eigenvalue weighted by Crippen LogP contribution is 2.25. The minimum absolute atomic E-state index is 0.00371. The highest BCUT2D eigenvalue weighted by Gasteiger charge is 2.19. The van der Waals surface area contributed by atoms with E-state index in [-0.39, 0.29) is 11.2 Å². The van der Waals surface area contributed by atoms with Gasteiger partial charge in [-0.05, 0) is 20.3 Å². The molecule has 1 atom stereocenters. The van der Waals surface area contributed by atoms with Gasteiger partial charge in [0, 0.05) is 32.9 Å². The van der Waals surface area contributed by atoms with Crippen molar-refractivity contribution in [2.45, 2.75) is 30.7 Å². The van der Waals surface area contributed by atoms with Crippen LogP contribution in [0.25, 0.3) is 11.4 Å². The van der Waals surface area contributed by atoms with E-state index in [4.69, 9.17) is 4.74 Å². The Kier molecular flexibility index (Phi) is 6.81. The van der Waals surface area contributed by atoms with Crippen molar-refractivity contribution in [3.05, 3.63) is 29.8 Å². The van der Waals surface area contributed by atoms with Crippen molar-refractivity contribution in [3.8, 4) is 11.4 Å². The summed E-state index contributed by atoms with van der Waals surface area (Å²) in [7, 11) is 3.57. The number of thioether (sulfide) groups is 1. The maximum atomic E-state index is 12.1. The van der Waals surface area contributed by atoms with Crippen LogP contribution in [0.15, 0.2) is 29.4 Å². The summed E-state index contributed by atoms with van der Waals surface area (Å²) in [6, 6.07) is 8.15. The molecule has 7 heteroatoms. The summed E-state index contributed by atoms with van der Waals surface area (Å²) in [5.41, 5.74) is 2.22. The van der Waals surface area contributed by atoms with Gasteiger partial charge in [-0.15, -0.1) is 10.2 Å². The van der Waals surface area contributed by atoms with Gasteiger partial charge < -0.3 is 14.6 Å². The number of benzene rings is 1. The van der Waals surface area contributed by atoms with Gasteiger partial charge in [-0.1, -0.05) is 41.6 Å². The Labute approximate surface area is 147 Å². The number of rotatable bonds is 8. The van der Waals surface area contributed by atoms with Crippen LogP contribution in [0.4, 0.5) is 0 Å². The molecule has 24 heavy (non-hydrogen) atoms. The Hall–Kier alpha value is -1.86. The third kappa shape index (κ3) is 4.82. The largest absolute Gasteiger partial charge is 0.385 e. The molecule has 6 nitrogen and oxygen atoms in total. The van der Waals surface area contributed by atoms with Crippen LogP contribution >= 0.6 is 11.8 Å². The van der Waals surface area contributed by atoms with Gasteiger partial charge in [0.25, 0.3) is 0 Å². The van der Waals surface area contributed by atoms with E-state index in [9.17, 15) is 4.79 Å². The van der Waals surface area contributed by atoms with Crippen molar-refractivity contribution < 1.29 is 9.53 Å². The molecule has 0 spiro atoms. The number of amides is 1. The Morgan fingerprint density at radius 1 is 1.33 bits per heavy atom. The molecule has 2 rings (SSSR count). The van der Waals surface area contributed by atoms with E-state index >= 15 is 0 Å². The molecule has 2 aromatic rings. The quantitative estimate of drug-likeness (QED) is 0.586. The van der Waals surface area contributed by atoms with E-state index in [2.05, 4.69) is 22.4 Å². The van der Waals surface area contributed by atoms with Gasteiger partial charge in [0.15, 0.2) is 11.0 Å². The van der Waals surface area contributed by atoms with Crippen LogP contribution in [0.5, 0.6) is 0 Å². The fourth-order valence-corrected chi connectivity index (χ4v) is 2.99. The second kappa shape index (κ2) is 8.84. The van der Waals surface area contributed by atoms with Crippen LogP contribution in [-0.4, -0.2) is 46.2 Å². The first-order chi connectivity index (χ1) is 11.5. The number of hydrogen-bond donors (Lipinski definition) is 1. The molecule has 1 amide bonds. The normalized spacial score (nSPS) is 12.2. The summed E-state index contributed by atoms with van der Waals surface area (Å²) in [5.74, 6) is 0.793.